The first-order valence-electron chi connectivity index (χ1n) is 11.0. The predicted octanol–water partition coefficient (Wildman–Crippen LogP) is 3.91. The van der Waals surface area contributed by atoms with Crippen LogP contribution in [0.4, 0.5) is 5.69 Å². The summed E-state index contributed by atoms with van der Waals surface area (Å²) in [5, 5.41) is 12.6. The summed E-state index contributed by atoms with van der Waals surface area (Å²) in [4.78, 5) is 20.1. The van der Waals surface area contributed by atoms with Crippen LogP contribution in [-0.4, -0.2) is 55.7 Å². The van der Waals surface area contributed by atoms with Crippen LogP contribution in [0.15, 0.2) is 67.5 Å². The fraction of sp³-hybridized carbons (Fsp3) is 0.200. The number of fused-ring (bicyclic) bond motifs is 2. The highest BCUT2D eigenvalue weighted by atomic mass is 35.5. The SMILES string of the molecule is OC(c1cc(-c2ncnc3cc(N4CCOCC4)ccc23)ccc1Cl)c1nccn2ccnc12. The van der Waals surface area contributed by atoms with E-state index in [1.165, 1.54) is 0 Å². The average Bonchev–Trinajstić information content (AvgIpc) is 3.38. The van der Waals surface area contributed by atoms with Gasteiger partial charge in [0.05, 0.1) is 24.4 Å². The number of aromatic nitrogens is 5. The number of benzene rings is 2. The summed E-state index contributed by atoms with van der Waals surface area (Å²) in [6, 6.07) is 11.8. The van der Waals surface area contributed by atoms with E-state index in [1.54, 1.807) is 31.0 Å². The zero-order chi connectivity index (χ0) is 23.1. The van der Waals surface area contributed by atoms with Crippen LogP contribution in [0, 0.1) is 0 Å². The van der Waals surface area contributed by atoms with Crippen LogP contribution in [0.25, 0.3) is 27.8 Å². The summed E-state index contributed by atoms with van der Waals surface area (Å²) in [7, 11) is 0. The van der Waals surface area contributed by atoms with Crippen molar-refractivity contribution < 1.29 is 9.84 Å². The average molecular weight is 473 g/mol. The van der Waals surface area contributed by atoms with Crippen molar-refractivity contribution in [3.8, 4) is 11.3 Å². The van der Waals surface area contributed by atoms with Gasteiger partial charge in [-0.1, -0.05) is 17.7 Å². The molecule has 5 aromatic rings. The zero-order valence-corrected chi connectivity index (χ0v) is 18.9. The molecule has 1 N–H and O–H groups in total. The molecule has 170 valence electrons. The number of hydrogen-bond acceptors (Lipinski definition) is 7. The van der Waals surface area contributed by atoms with Gasteiger partial charge in [-0.2, -0.15) is 0 Å². The summed E-state index contributed by atoms with van der Waals surface area (Å²) in [5.74, 6) is 0. The molecule has 1 aliphatic rings. The molecular weight excluding hydrogens is 452 g/mol. The molecule has 2 aromatic carbocycles. The highest BCUT2D eigenvalue weighted by molar-refractivity contribution is 6.31. The van der Waals surface area contributed by atoms with Crippen molar-refractivity contribution in [1.82, 2.24) is 24.3 Å². The topological polar surface area (TPSA) is 88.7 Å². The van der Waals surface area contributed by atoms with Crippen LogP contribution in [0.3, 0.4) is 0 Å². The molecule has 4 heterocycles. The Bertz CT molecular complexity index is 1500. The van der Waals surface area contributed by atoms with Gasteiger partial charge in [0.2, 0.25) is 0 Å². The van der Waals surface area contributed by atoms with Crippen LogP contribution in [-0.2, 0) is 4.74 Å². The number of ether oxygens (including phenoxy) is 1. The first kappa shape index (κ1) is 21.0. The molecule has 0 bridgehead atoms. The minimum absolute atomic E-state index is 0.439. The van der Waals surface area contributed by atoms with Gasteiger partial charge >= 0.3 is 0 Å². The summed E-state index contributed by atoms with van der Waals surface area (Å²) in [5.41, 5.74) is 5.14. The second-order valence-electron chi connectivity index (χ2n) is 8.13. The summed E-state index contributed by atoms with van der Waals surface area (Å²) in [6.07, 6.45) is 7.43. The molecule has 0 amide bonds. The Morgan fingerprint density at radius 1 is 0.941 bits per heavy atom. The largest absolute Gasteiger partial charge is 0.382 e. The van der Waals surface area contributed by atoms with Crippen molar-refractivity contribution in [3.63, 3.8) is 0 Å². The Morgan fingerprint density at radius 3 is 2.62 bits per heavy atom. The van der Waals surface area contributed by atoms with Gasteiger partial charge in [-0.05, 0) is 30.3 Å². The minimum atomic E-state index is -1.04. The number of anilines is 1. The number of aliphatic hydroxyl groups is 1. The van der Waals surface area contributed by atoms with E-state index in [1.807, 2.05) is 28.8 Å². The summed E-state index contributed by atoms with van der Waals surface area (Å²) < 4.78 is 7.28. The van der Waals surface area contributed by atoms with E-state index in [0.29, 0.717) is 21.9 Å². The van der Waals surface area contributed by atoms with E-state index in [9.17, 15) is 5.11 Å². The summed E-state index contributed by atoms with van der Waals surface area (Å²) >= 11 is 6.52. The monoisotopic (exact) mass is 472 g/mol. The second kappa shape index (κ2) is 8.64. The molecular formula is C25H21ClN6O2. The number of imidazole rings is 1. The maximum atomic E-state index is 11.2. The third-order valence-electron chi connectivity index (χ3n) is 6.16. The molecule has 0 radical (unpaired) electrons. The van der Waals surface area contributed by atoms with Gasteiger partial charge in [0.25, 0.3) is 0 Å². The normalized spacial score (nSPS) is 15.2. The number of hydrogen-bond donors (Lipinski definition) is 1. The van der Waals surface area contributed by atoms with Gasteiger partial charge in [-0.15, -0.1) is 0 Å². The molecule has 8 nitrogen and oxygen atoms in total. The lowest BCUT2D eigenvalue weighted by atomic mass is 9.99. The van der Waals surface area contributed by atoms with Crippen LogP contribution in [0.5, 0.6) is 0 Å². The molecule has 1 atom stereocenters. The number of nitrogens with zero attached hydrogens (tertiary/aromatic N) is 6. The lowest BCUT2D eigenvalue weighted by Crippen LogP contribution is -2.36. The van der Waals surface area contributed by atoms with Crippen molar-refractivity contribution in [2.75, 3.05) is 31.2 Å². The Labute approximate surface area is 200 Å². The molecule has 9 heteroatoms. The zero-order valence-electron chi connectivity index (χ0n) is 18.2. The molecule has 34 heavy (non-hydrogen) atoms. The molecule has 0 aliphatic carbocycles. The molecule has 0 saturated carbocycles. The third kappa shape index (κ3) is 3.66. The van der Waals surface area contributed by atoms with Crippen molar-refractivity contribution in [1.29, 1.82) is 0 Å². The number of aliphatic hydroxyl groups excluding tert-OH is 1. The van der Waals surface area contributed by atoms with E-state index < -0.39 is 6.10 Å². The molecule has 1 saturated heterocycles. The molecule has 3 aromatic heterocycles. The van der Waals surface area contributed by atoms with Gasteiger partial charge in [0.15, 0.2) is 5.65 Å². The van der Waals surface area contributed by atoms with Crippen LogP contribution in [0.1, 0.15) is 17.4 Å². The van der Waals surface area contributed by atoms with Gasteiger partial charge < -0.3 is 19.1 Å². The van der Waals surface area contributed by atoms with Crippen LogP contribution >= 0.6 is 11.6 Å². The van der Waals surface area contributed by atoms with Gasteiger partial charge in [-0.25, -0.2) is 15.0 Å². The van der Waals surface area contributed by atoms with Crippen molar-refractivity contribution in [3.05, 3.63) is 83.8 Å². The van der Waals surface area contributed by atoms with E-state index >= 15 is 0 Å². The number of halogens is 1. The number of rotatable bonds is 4. The maximum Gasteiger partial charge on any atom is 0.161 e. The van der Waals surface area contributed by atoms with E-state index in [2.05, 4.69) is 37.0 Å². The first-order chi connectivity index (χ1) is 16.7. The smallest absolute Gasteiger partial charge is 0.161 e. The molecule has 6 rings (SSSR count). The summed E-state index contributed by atoms with van der Waals surface area (Å²) in [6.45, 7) is 3.17. The molecule has 1 aliphatic heterocycles. The minimum Gasteiger partial charge on any atom is -0.382 e. The number of morpholine rings is 1. The molecule has 0 spiro atoms. The highest BCUT2D eigenvalue weighted by Gasteiger charge is 2.21. The van der Waals surface area contributed by atoms with Crippen LogP contribution < -0.4 is 4.90 Å². The quantitative estimate of drug-likeness (QED) is 0.424. The lowest BCUT2D eigenvalue weighted by Gasteiger charge is -2.29. The Morgan fingerprint density at radius 2 is 1.76 bits per heavy atom. The third-order valence-corrected chi connectivity index (χ3v) is 6.50. The van der Waals surface area contributed by atoms with Gasteiger partial charge in [0, 0.05) is 65.1 Å². The fourth-order valence-electron chi connectivity index (χ4n) is 4.41. The second-order valence-corrected chi connectivity index (χ2v) is 8.54. The molecule has 1 unspecified atom stereocenters. The maximum absolute atomic E-state index is 11.2. The van der Waals surface area contributed by atoms with Crippen molar-refractivity contribution in [2.45, 2.75) is 6.10 Å². The molecule has 1 fully saturated rings. The van der Waals surface area contributed by atoms with E-state index in [0.717, 1.165) is 54.2 Å². The Hall–Kier alpha value is -3.59. The van der Waals surface area contributed by atoms with E-state index in [4.69, 9.17) is 16.3 Å². The Balaban J connectivity index is 1.41. The van der Waals surface area contributed by atoms with E-state index in [-0.39, 0.29) is 0 Å². The fourth-order valence-corrected chi connectivity index (χ4v) is 4.63. The van der Waals surface area contributed by atoms with Gasteiger partial charge in [0.1, 0.15) is 18.1 Å². The predicted molar refractivity (Wildman–Crippen MR) is 130 cm³/mol. The highest BCUT2D eigenvalue weighted by Crippen LogP contribution is 2.35. The first-order valence-corrected chi connectivity index (χ1v) is 11.4. The van der Waals surface area contributed by atoms with Crippen molar-refractivity contribution >= 4 is 33.8 Å². The van der Waals surface area contributed by atoms with Gasteiger partial charge in [-0.3, -0.25) is 4.98 Å². The van der Waals surface area contributed by atoms with Crippen LogP contribution in [0.2, 0.25) is 5.02 Å². The van der Waals surface area contributed by atoms with Crippen molar-refractivity contribution in [2.24, 2.45) is 0 Å². The lowest BCUT2D eigenvalue weighted by molar-refractivity contribution is 0.122. The Kier molecular flexibility index (Phi) is 5.33. The standard InChI is InChI=1S/C25H21ClN6O2/c26-20-4-1-16(13-19(20)24(33)23-25-28-6-8-32(25)7-5-27-23)22-18-3-2-17(14-21(18)29-15-30-22)31-9-11-34-12-10-31/h1-8,13-15,24,33H,9-12H2.